The van der Waals surface area contributed by atoms with Crippen LogP contribution in [0.2, 0.25) is 0 Å². The lowest BCUT2D eigenvalue weighted by Gasteiger charge is -2.06. The van der Waals surface area contributed by atoms with Crippen molar-refractivity contribution in [2.45, 2.75) is 19.3 Å². The van der Waals surface area contributed by atoms with Gasteiger partial charge in [0.2, 0.25) is 0 Å². The average Bonchev–Trinajstić information content (AvgIpc) is 2.07. The van der Waals surface area contributed by atoms with Crippen molar-refractivity contribution in [2.75, 3.05) is 13.6 Å². The van der Waals surface area contributed by atoms with Gasteiger partial charge in [-0.2, -0.15) is 0 Å². The highest BCUT2D eigenvalue weighted by Gasteiger charge is 2.67. The molecule has 0 radical (unpaired) electrons. The van der Waals surface area contributed by atoms with E-state index in [0.717, 1.165) is 0 Å². The predicted octanol–water partition coefficient (Wildman–Crippen LogP) is 1.25. The third-order valence-corrected chi connectivity index (χ3v) is 1.94. The summed E-state index contributed by atoms with van der Waals surface area (Å²) in [5.74, 6) is -2.41. The molecule has 1 saturated carbocycles. The second kappa shape index (κ2) is 1.66. The minimum absolute atomic E-state index is 0.0425. The van der Waals surface area contributed by atoms with Gasteiger partial charge in [0.05, 0.1) is 0 Å². The van der Waals surface area contributed by atoms with Gasteiger partial charge in [0, 0.05) is 18.4 Å². The van der Waals surface area contributed by atoms with Gasteiger partial charge in [0.15, 0.2) is 0 Å². The Morgan fingerprint density at radius 1 is 1.56 bits per heavy atom. The van der Waals surface area contributed by atoms with E-state index in [2.05, 4.69) is 5.32 Å². The van der Waals surface area contributed by atoms with E-state index in [-0.39, 0.29) is 6.42 Å². The summed E-state index contributed by atoms with van der Waals surface area (Å²) in [6, 6.07) is 0. The highest BCUT2D eigenvalue weighted by molar-refractivity contribution is 5.07. The molecule has 0 amide bonds. The van der Waals surface area contributed by atoms with E-state index in [1.165, 1.54) is 0 Å². The Hall–Kier alpha value is -0.180. The van der Waals surface area contributed by atoms with E-state index < -0.39 is 11.3 Å². The first-order valence-corrected chi connectivity index (χ1v) is 3.04. The van der Waals surface area contributed by atoms with Gasteiger partial charge in [0.25, 0.3) is 5.92 Å². The Bertz CT molecular complexity index is 124. The van der Waals surface area contributed by atoms with Crippen LogP contribution < -0.4 is 5.32 Å². The molecule has 0 aromatic rings. The summed E-state index contributed by atoms with van der Waals surface area (Å²) in [6.07, 6.45) is 0.0425. The van der Waals surface area contributed by atoms with Crippen molar-refractivity contribution >= 4 is 0 Å². The molecule has 1 aliphatic rings. The second-order valence-electron chi connectivity index (χ2n) is 2.97. The molecular weight excluding hydrogens is 124 g/mol. The first kappa shape index (κ1) is 6.93. The summed E-state index contributed by atoms with van der Waals surface area (Å²) < 4.78 is 24.7. The van der Waals surface area contributed by atoms with Crippen molar-refractivity contribution in [2.24, 2.45) is 5.41 Å². The third-order valence-electron chi connectivity index (χ3n) is 1.94. The molecule has 0 spiro atoms. The zero-order valence-electron chi connectivity index (χ0n) is 5.67. The summed E-state index contributed by atoms with van der Waals surface area (Å²) in [6.45, 7) is 2.02. The predicted molar refractivity (Wildman–Crippen MR) is 31.6 cm³/mol. The van der Waals surface area contributed by atoms with Gasteiger partial charge in [-0.05, 0) is 7.05 Å². The third kappa shape index (κ3) is 0.936. The highest BCUT2D eigenvalue weighted by Crippen LogP contribution is 2.59. The summed E-state index contributed by atoms with van der Waals surface area (Å²) in [5.41, 5.74) is -0.748. The van der Waals surface area contributed by atoms with Crippen molar-refractivity contribution in [3.63, 3.8) is 0 Å². The van der Waals surface area contributed by atoms with Crippen LogP contribution in [0.3, 0.4) is 0 Å². The minimum atomic E-state index is -2.41. The molecule has 1 fully saturated rings. The Kier molecular flexibility index (Phi) is 1.28. The molecule has 1 rings (SSSR count). The molecule has 9 heavy (non-hydrogen) atoms. The van der Waals surface area contributed by atoms with Gasteiger partial charge < -0.3 is 5.32 Å². The molecule has 0 unspecified atom stereocenters. The van der Waals surface area contributed by atoms with Gasteiger partial charge in [-0.1, -0.05) is 6.92 Å². The van der Waals surface area contributed by atoms with Crippen molar-refractivity contribution in [3.8, 4) is 0 Å². The maximum absolute atomic E-state index is 12.3. The van der Waals surface area contributed by atoms with E-state index in [4.69, 9.17) is 0 Å². The molecule has 1 aliphatic carbocycles. The van der Waals surface area contributed by atoms with Gasteiger partial charge in [-0.25, -0.2) is 8.78 Å². The fraction of sp³-hybridized carbons (Fsp3) is 1.00. The smallest absolute Gasteiger partial charge is 0.255 e. The number of rotatable bonds is 2. The maximum atomic E-state index is 12.3. The SMILES string of the molecule is CNC[C@]1(C)CC1(F)F. The van der Waals surface area contributed by atoms with Gasteiger partial charge in [-0.3, -0.25) is 0 Å². The molecule has 0 aliphatic heterocycles. The molecule has 0 aromatic carbocycles. The summed E-state index contributed by atoms with van der Waals surface area (Å²) >= 11 is 0. The van der Waals surface area contributed by atoms with Crippen LogP contribution in [0.15, 0.2) is 0 Å². The molecule has 54 valence electrons. The van der Waals surface area contributed by atoms with Crippen molar-refractivity contribution in [3.05, 3.63) is 0 Å². The lowest BCUT2D eigenvalue weighted by molar-refractivity contribution is 0.0705. The number of alkyl halides is 2. The van der Waals surface area contributed by atoms with Crippen LogP contribution in [0.4, 0.5) is 8.78 Å². The zero-order valence-corrected chi connectivity index (χ0v) is 5.67. The van der Waals surface area contributed by atoms with Crippen LogP contribution in [0.25, 0.3) is 0 Å². The molecular formula is C6H11F2N. The van der Waals surface area contributed by atoms with Crippen molar-refractivity contribution in [1.82, 2.24) is 5.32 Å². The Labute approximate surface area is 53.4 Å². The first-order valence-electron chi connectivity index (χ1n) is 3.04. The second-order valence-corrected chi connectivity index (χ2v) is 2.97. The topological polar surface area (TPSA) is 12.0 Å². The van der Waals surface area contributed by atoms with Crippen LogP contribution in [-0.2, 0) is 0 Å². The molecule has 0 bridgehead atoms. The van der Waals surface area contributed by atoms with Crippen LogP contribution >= 0.6 is 0 Å². The quantitative estimate of drug-likeness (QED) is 0.601. The number of halogens is 2. The Morgan fingerprint density at radius 3 is 2.11 bits per heavy atom. The maximum Gasteiger partial charge on any atom is 0.255 e. The summed E-state index contributed by atoms with van der Waals surface area (Å²) in [4.78, 5) is 0. The monoisotopic (exact) mass is 135 g/mol. The van der Waals surface area contributed by atoms with Gasteiger partial charge in [-0.15, -0.1) is 0 Å². The molecule has 0 heterocycles. The number of nitrogens with one attached hydrogen (secondary N) is 1. The minimum Gasteiger partial charge on any atom is -0.319 e. The van der Waals surface area contributed by atoms with Crippen LogP contribution in [0.1, 0.15) is 13.3 Å². The van der Waals surface area contributed by atoms with Crippen molar-refractivity contribution in [1.29, 1.82) is 0 Å². The largest absolute Gasteiger partial charge is 0.319 e. The van der Waals surface area contributed by atoms with Crippen molar-refractivity contribution < 1.29 is 8.78 Å². The normalized spacial score (nSPS) is 38.7. The van der Waals surface area contributed by atoms with E-state index >= 15 is 0 Å². The fourth-order valence-corrected chi connectivity index (χ4v) is 1.03. The van der Waals surface area contributed by atoms with Gasteiger partial charge >= 0.3 is 0 Å². The lowest BCUT2D eigenvalue weighted by atomic mass is 10.1. The summed E-state index contributed by atoms with van der Waals surface area (Å²) in [7, 11) is 1.69. The number of hydrogen-bond donors (Lipinski definition) is 1. The molecule has 1 atom stereocenters. The van der Waals surface area contributed by atoms with Crippen LogP contribution in [-0.4, -0.2) is 19.5 Å². The standard InChI is InChI=1S/C6H11F2N/c1-5(4-9-2)3-6(5,7)8/h9H,3-4H2,1-2H3/t5-/m0/s1. The van der Waals surface area contributed by atoms with E-state index in [1.807, 2.05) is 0 Å². The molecule has 3 heteroatoms. The fourth-order valence-electron chi connectivity index (χ4n) is 1.03. The first-order chi connectivity index (χ1) is 4.02. The highest BCUT2D eigenvalue weighted by atomic mass is 19.3. The van der Waals surface area contributed by atoms with Gasteiger partial charge in [0.1, 0.15) is 0 Å². The van der Waals surface area contributed by atoms with Crippen LogP contribution in [0.5, 0.6) is 0 Å². The zero-order chi connectivity index (χ0) is 7.12. The Balaban J connectivity index is 2.42. The van der Waals surface area contributed by atoms with E-state index in [0.29, 0.717) is 6.54 Å². The average molecular weight is 135 g/mol. The summed E-state index contributed by atoms with van der Waals surface area (Å²) in [5, 5.41) is 2.75. The lowest BCUT2D eigenvalue weighted by Crippen LogP contribution is -2.22. The van der Waals surface area contributed by atoms with Crippen LogP contribution in [0, 0.1) is 5.41 Å². The van der Waals surface area contributed by atoms with E-state index in [9.17, 15) is 8.78 Å². The molecule has 0 saturated heterocycles. The molecule has 1 N–H and O–H groups in total. The molecule has 1 nitrogen and oxygen atoms in total. The molecule has 0 aromatic heterocycles. The van der Waals surface area contributed by atoms with E-state index in [1.54, 1.807) is 14.0 Å². The Morgan fingerprint density at radius 2 is 2.00 bits per heavy atom. The number of hydrogen-bond acceptors (Lipinski definition) is 1.